The van der Waals surface area contributed by atoms with E-state index in [9.17, 15) is 4.79 Å². The van der Waals surface area contributed by atoms with Crippen LogP contribution in [0.4, 0.5) is 0 Å². The van der Waals surface area contributed by atoms with Gasteiger partial charge in [-0.25, -0.2) is 0 Å². The third-order valence-corrected chi connectivity index (χ3v) is 6.54. The normalized spacial score (nSPS) is 23.3. The number of rotatable bonds is 4. The van der Waals surface area contributed by atoms with Gasteiger partial charge in [-0.05, 0) is 57.9 Å². The number of carbonyl (C=O) groups excluding carboxylic acids is 1. The third kappa shape index (κ3) is 4.81. The van der Waals surface area contributed by atoms with Crippen molar-refractivity contribution in [1.82, 2.24) is 10.2 Å². The van der Waals surface area contributed by atoms with Gasteiger partial charge in [-0.1, -0.05) is 47.5 Å². The molecular weight excluding hydrogens is 396 g/mol. The molecule has 0 radical (unpaired) electrons. The van der Waals surface area contributed by atoms with E-state index in [0.717, 1.165) is 60.8 Å². The van der Waals surface area contributed by atoms with Gasteiger partial charge in [-0.2, -0.15) is 0 Å². The van der Waals surface area contributed by atoms with Gasteiger partial charge in [0.2, 0.25) is 5.91 Å². The van der Waals surface area contributed by atoms with Gasteiger partial charge in [0.15, 0.2) is 0 Å². The Morgan fingerprint density at radius 3 is 2.87 bits per heavy atom. The van der Waals surface area contributed by atoms with Crippen LogP contribution in [0.25, 0.3) is 0 Å². The second-order valence-corrected chi connectivity index (χ2v) is 9.74. The summed E-state index contributed by atoms with van der Waals surface area (Å²) < 4.78 is 6.15. The van der Waals surface area contributed by atoms with Crippen molar-refractivity contribution in [2.75, 3.05) is 13.1 Å². The minimum absolute atomic E-state index is 0.000420. The van der Waals surface area contributed by atoms with Crippen LogP contribution in [0.3, 0.4) is 0 Å². The Kier molecular flexibility index (Phi) is 6.08. The molecule has 160 valence electrons. The van der Waals surface area contributed by atoms with Crippen LogP contribution in [0, 0.1) is 12.8 Å². The van der Waals surface area contributed by atoms with Crippen LogP contribution in [0.5, 0.6) is 5.75 Å². The Bertz CT molecular complexity index is 927. The number of fused-ring (bicyclic) bond motifs is 1. The summed E-state index contributed by atoms with van der Waals surface area (Å²) >= 11 is 6.34. The van der Waals surface area contributed by atoms with E-state index in [2.05, 4.69) is 49.2 Å². The summed E-state index contributed by atoms with van der Waals surface area (Å²) in [5.41, 5.74) is 3.09. The van der Waals surface area contributed by atoms with Crippen LogP contribution in [0.2, 0.25) is 5.02 Å². The number of ether oxygens (including phenoxy) is 1. The van der Waals surface area contributed by atoms with E-state index in [1.165, 1.54) is 5.56 Å². The predicted molar refractivity (Wildman–Crippen MR) is 121 cm³/mol. The first kappa shape index (κ1) is 21.2. The number of amides is 1. The number of likely N-dealkylation sites (tertiary alicyclic amines) is 1. The Balaban J connectivity index is 1.45. The first-order valence-electron chi connectivity index (χ1n) is 10.9. The molecule has 2 aliphatic rings. The zero-order valence-corrected chi connectivity index (χ0v) is 18.8. The van der Waals surface area contributed by atoms with Gasteiger partial charge in [0.05, 0.1) is 12.0 Å². The van der Waals surface area contributed by atoms with Crippen LogP contribution in [-0.2, 0) is 11.3 Å². The number of halogens is 1. The standard InChI is InChI=1S/C25H31ClN2O2/c1-17-10-11-23-20(13-17)22(14-25(2,3)30-23)27-24(29)19-8-6-12-28(16-19)15-18-7-4-5-9-21(18)26/h4-5,7,9-11,13,19,22H,6,8,12,14-16H2,1-3H3,(H,27,29)/t19-,22-/m0/s1. The number of hydrogen-bond donors (Lipinski definition) is 1. The topological polar surface area (TPSA) is 41.6 Å². The lowest BCUT2D eigenvalue weighted by molar-refractivity contribution is -0.128. The van der Waals surface area contributed by atoms with Crippen molar-refractivity contribution < 1.29 is 9.53 Å². The lowest BCUT2D eigenvalue weighted by Crippen LogP contribution is -2.46. The number of nitrogens with one attached hydrogen (secondary N) is 1. The molecule has 0 bridgehead atoms. The van der Waals surface area contributed by atoms with E-state index >= 15 is 0 Å². The molecule has 0 spiro atoms. The van der Waals surface area contributed by atoms with Crippen molar-refractivity contribution in [3.63, 3.8) is 0 Å². The van der Waals surface area contributed by atoms with Crippen molar-refractivity contribution in [3.8, 4) is 5.75 Å². The molecule has 0 saturated carbocycles. The molecule has 1 N–H and O–H groups in total. The highest BCUT2D eigenvalue weighted by atomic mass is 35.5. The molecule has 2 aromatic rings. The summed E-state index contributed by atoms with van der Waals surface area (Å²) in [5, 5.41) is 4.14. The first-order valence-corrected chi connectivity index (χ1v) is 11.2. The van der Waals surface area contributed by atoms with Gasteiger partial charge in [0.25, 0.3) is 0 Å². The van der Waals surface area contributed by atoms with Gasteiger partial charge in [-0.15, -0.1) is 0 Å². The van der Waals surface area contributed by atoms with Gasteiger partial charge < -0.3 is 10.1 Å². The van der Waals surface area contributed by atoms with Gasteiger partial charge >= 0.3 is 0 Å². The first-order chi connectivity index (χ1) is 14.3. The van der Waals surface area contributed by atoms with E-state index in [4.69, 9.17) is 16.3 Å². The quantitative estimate of drug-likeness (QED) is 0.723. The van der Waals surface area contributed by atoms with Gasteiger partial charge in [-0.3, -0.25) is 9.69 Å². The molecule has 30 heavy (non-hydrogen) atoms. The summed E-state index contributed by atoms with van der Waals surface area (Å²) in [6.07, 6.45) is 2.72. The molecule has 2 aromatic carbocycles. The van der Waals surface area contributed by atoms with Crippen molar-refractivity contribution in [3.05, 3.63) is 64.2 Å². The second kappa shape index (κ2) is 8.60. The molecule has 0 aliphatic carbocycles. The molecule has 1 saturated heterocycles. The van der Waals surface area contributed by atoms with E-state index < -0.39 is 0 Å². The molecule has 0 aromatic heterocycles. The van der Waals surface area contributed by atoms with E-state index in [1.807, 2.05) is 24.3 Å². The number of aryl methyl sites for hydroxylation is 1. The highest BCUT2D eigenvalue weighted by molar-refractivity contribution is 6.31. The van der Waals surface area contributed by atoms with Crippen molar-refractivity contribution in [2.45, 2.75) is 58.2 Å². The zero-order valence-electron chi connectivity index (χ0n) is 18.1. The SMILES string of the molecule is Cc1ccc2c(c1)[C@@H](NC(=O)[C@H]1CCCN(Cc3ccccc3Cl)C1)CC(C)(C)O2. The maximum Gasteiger partial charge on any atom is 0.224 e. The average molecular weight is 427 g/mol. The monoisotopic (exact) mass is 426 g/mol. The average Bonchev–Trinajstić information content (AvgIpc) is 2.70. The van der Waals surface area contributed by atoms with Crippen molar-refractivity contribution >= 4 is 17.5 Å². The number of hydrogen-bond acceptors (Lipinski definition) is 3. The Labute approximate surface area is 184 Å². The Hall–Kier alpha value is -2.04. The number of carbonyl (C=O) groups is 1. The lowest BCUT2D eigenvalue weighted by atomic mass is 9.88. The largest absolute Gasteiger partial charge is 0.487 e. The van der Waals surface area contributed by atoms with Gasteiger partial charge in [0.1, 0.15) is 11.4 Å². The van der Waals surface area contributed by atoms with Crippen LogP contribution < -0.4 is 10.1 Å². The third-order valence-electron chi connectivity index (χ3n) is 6.17. The molecule has 1 amide bonds. The molecular formula is C25H31ClN2O2. The highest BCUT2D eigenvalue weighted by Crippen LogP contribution is 2.40. The number of benzene rings is 2. The molecule has 2 heterocycles. The highest BCUT2D eigenvalue weighted by Gasteiger charge is 2.36. The lowest BCUT2D eigenvalue weighted by Gasteiger charge is -2.39. The van der Waals surface area contributed by atoms with Crippen molar-refractivity contribution in [2.24, 2.45) is 5.92 Å². The Morgan fingerprint density at radius 2 is 2.07 bits per heavy atom. The number of piperidine rings is 1. The van der Waals surface area contributed by atoms with Crippen molar-refractivity contribution in [1.29, 1.82) is 0 Å². The summed E-state index contributed by atoms with van der Waals surface area (Å²) in [7, 11) is 0. The van der Waals surface area contributed by atoms with E-state index in [-0.39, 0.29) is 23.5 Å². The fourth-order valence-electron chi connectivity index (χ4n) is 4.67. The van der Waals surface area contributed by atoms with Crippen LogP contribution in [-0.4, -0.2) is 29.5 Å². The summed E-state index contributed by atoms with van der Waals surface area (Å²) in [5.74, 6) is 1.03. The molecule has 2 atom stereocenters. The maximum atomic E-state index is 13.2. The number of nitrogens with zero attached hydrogens (tertiary/aromatic N) is 1. The van der Waals surface area contributed by atoms with Crippen LogP contribution >= 0.6 is 11.6 Å². The summed E-state index contributed by atoms with van der Waals surface area (Å²) in [6, 6.07) is 14.2. The summed E-state index contributed by atoms with van der Waals surface area (Å²) in [4.78, 5) is 15.6. The molecule has 0 unspecified atom stereocenters. The fraction of sp³-hybridized carbons (Fsp3) is 0.480. The maximum absolute atomic E-state index is 13.2. The minimum Gasteiger partial charge on any atom is -0.487 e. The zero-order chi connectivity index (χ0) is 21.3. The van der Waals surface area contributed by atoms with E-state index in [1.54, 1.807) is 0 Å². The van der Waals surface area contributed by atoms with Crippen LogP contribution in [0.1, 0.15) is 55.8 Å². The molecule has 5 heteroatoms. The molecule has 4 nitrogen and oxygen atoms in total. The molecule has 2 aliphatic heterocycles. The minimum atomic E-state index is -0.303. The Morgan fingerprint density at radius 1 is 1.27 bits per heavy atom. The fourth-order valence-corrected chi connectivity index (χ4v) is 4.87. The molecule has 1 fully saturated rings. The second-order valence-electron chi connectivity index (χ2n) is 9.33. The predicted octanol–water partition coefficient (Wildman–Crippen LogP) is 5.28. The smallest absolute Gasteiger partial charge is 0.224 e. The van der Waals surface area contributed by atoms with E-state index in [0.29, 0.717) is 0 Å². The van der Waals surface area contributed by atoms with Gasteiger partial charge in [0, 0.05) is 30.1 Å². The van der Waals surface area contributed by atoms with Crippen LogP contribution in [0.15, 0.2) is 42.5 Å². The molecule has 4 rings (SSSR count). The summed E-state index contributed by atoms with van der Waals surface area (Å²) in [6.45, 7) is 8.80.